The van der Waals surface area contributed by atoms with E-state index in [9.17, 15) is 4.79 Å². The molecule has 2 aromatic carbocycles. The number of rotatable bonds is 7. The minimum atomic E-state index is -0.0221. The van der Waals surface area contributed by atoms with Crippen LogP contribution in [0.4, 0.5) is 5.69 Å². The Labute approximate surface area is 137 Å². The zero-order chi connectivity index (χ0) is 16.7. The highest BCUT2D eigenvalue weighted by molar-refractivity contribution is 5.81. The number of nitrogens with one attached hydrogen (secondary N) is 2. The highest BCUT2D eigenvalue weighted by atomic mass is 16.5. The Morgan fingerprint density at radius 1 is 1.13 bits per heavy atom. The summed E-state index contributed by atoms with van der Waals surface area (Å²) in [6.07, 6.45) is 0.942. The van der Waals surface area contributed by atoms with Crippen molar-refractivity contribution in [3.63, 3.8) is 0 Å². The van der Waals surface area contributed by atoms with Gasteiger partial charge in [-0.15, -0.1) is 0 Å². The number of benzene rings is 2. The maximum atomic E-state index is 12.0. The van der Waals surface area contributed by atoms with Crippen LogP contribution >= 0.6 is 0 Å². The highest BCUT2D eigenvalue weighted by Crippen LogP contribution is 2.20. The maximum Gasteiger partial charge on any atom is 0.239 e. The van der Waals surface area contributed by atoms with Gasteiger partial charge in [-0.25, -0.2) is 0 Å². The molecule has 0 spiro atoms. The number of ether oxygens (including phenoxy) is 1. The van der Waals surface area contributed by atoms with Crippen LogP contribution in [0.2, 0.25) is 0 Å². The third-order valence-corrected chi connectivity index (χ3v) is 3.81. The number of carbonyl (C=O) groups excluding carboxylic acids is 1. The molecule has 0 saturated heterocycles. The first-order chi connectivity index (χ1) is 11.1. The van der Waals surface area contributed by atoms with E-state index in [2.05, 4.69) is 36.6 Å². The second-order valence-electron chi connectivity index (χ2n) is 5.44. The molecular weight excluding hydrogens is 288 g/mol. The molecule has 0 aliphatic rings. The standard InChI is InChI=1S/C19H24N2O2/c1-4-16-7-5-6-14(2)19(16)21-13-18(22)20-12-15-8-10-17(23-3)11-9-15/h5-11,21H,4,12-13H2,1-3H3,(H,20,22). The van der Waals surface area contributed by atoms with Crippen LogP contribution in [-0.2, 0) is 17.8 Å². The second-order valence-corrected chi connectivity index (χ2v) is 5.44. The lowest BCUT2D eigenvalue weighted by atomic mass is 10.1. The Balaban J connectivity index is 1.85. The Morgan fingerprint density at radius 3 is 2.52 bits per heavy atom. The van der Waals surface area contributed by atoms with E-state index < -0.39 is 0 Å². The van der Waals surface area contributed by atoms with Gasteiger partial charge in [-0.05, 0) is 42.2 Å². The van der Waals surface area contributed by atoms with Crippen LogP contribution in [0.1, 0.15) is 23.6 Å². The number of methoxy groups -OCH3 is 1. The first kappa shape index (κ1) is 16.9. The highest BCUT2D eigenvalue weighted by Gasteiger charge is 2.06. The number of para-hydroxylation sites is 1. The van der Waals surface area contributed by atoms with Crippen molar-refractivity contribution >= 4 is 11.6 Å². The fourth-order valence-corrected chi connectivity index (χ4v) is 2.45. The fraction of sp³-hybridized carbons (Fsp3) is 0.316. The first-order valence-corrected chi connectivity index (χ1v) is 7.86. The lowest BCUT2D eigenvalue weighted by Crippen LogP contribution is -2.29. The molecule has 2 aromatic rings. The smallest absolute Gasteiger partial charge is 0.239 e. The van der Waals surface area contributed by atoms with E-state index in [-0.39, 0.29) is 12.5 Å². The number of hydrogen-bond donors (Lipinski definition) is 2. The molecule has 0 aromatic heterocycles. The van der Waals surface area contributed by atoms with Gasteiger partial charge in [0.15, 0.2) is 0 Å². The zero-order valence-corrected chi connectivity index (χ0v) is 14.0. The quantitative estimate of drug-likeness (QED) is 0.825. The Morgan fingerprint density at radius 2 is 1.87 bits per heavy atom. The maximum absolute atomic E-state index is 12.0. The largest absolute Gasteiger partial charge is 0.497 e. The molecular formula is C19H24N2O2. The van der Waals surface area contributed by atoms with Gasteiger partial charge < -0.3 is 15.4 Å². The summed E-state index contributed by atoms with van der Waals surface area (Å²) >= 11 is 0. The van der Waals surface area contributed by atoms with Crippen LogP contribution in [0.5, 0.6) is 5.75 Å². The summed E-state index contributed by atoms with van der Waals surface area (Å²) in [5, 5.41) is 6.18. The molecule has 0 heterocycles. The summed E-state index contributed by atoms with van der Waals surface area (Å²) in [4.78, 5) is 12.0. The molecule has 0 atom stereocenters. The minimum Gasteiger partial charge on any atom is -0.497 e. The van der Waals surface area contributed by atoms with Gasteiger partial charge in [0.2, 0.25) is 5.91 Å². The fourth-order valence-electron chi connectivity index (χ4n) is 2.45. The molecule has 4 nitrogen and oxygen atoms in total. The summed E-state index contributed by atoms with van der Waals surface area (Å²) in [6, 6.07) is 13.9. The SMILES string of the molecule is CCc1cccc(C)c1NCC(=O)NCc1ccc(OC)cc1. The molecule has 0 bridgehead atoms. The molecule has 0 aliphatic carbocycles. The molecule has 2 N–H and O–H groups in total. The first-order valence-electron chi connectivity index (χ1n) is 7.86. The van der Waals surface area contributed by atoms with Gasteiger partial charge in [-0.2, -0.15) is 0 Å². The average molecular weight is 312 g/mol. The molecule has 4 heteroatoms. The minimum absolute atomic E-state index is 0.0221. The number of aryl methyl sites for hydroxylation is 2. The molecule has 0 aliphatic heterocycles. The van der Waals surface area contributed by atoms with Gasteiger partial charge in [-0.1, -0.05) is 37.3 Å². The van der Waals surface area contributed by atoms with E-state index in [1.807, 2.05) is 30.3 Å². The Bertz CT molecular complexity index is 651. The van der Waals surface area contributed by atoms with Crippen LogP contribution in [0, 0.1) is 6.92 Å². The molecule has 0 unspecified atom stereocenters. The average Bonchev–Trinajstić information content (AvgIpc) is 2.59. The third-order valence-electron chi connectivity index (χ3n) is 3.81. The number of amides is 1. The van der Waals surface area contributed by atoms with Crippen molar-refractivity contribution < 1.29 is 9.53 Å². The van der Waals surface area contributed by atoms with Crippen molar-refractivity contribution in [2.75, 3.05) is 19.0 Å². The summed E-state index contributed by atoms with van der Waals surface area (Å²) in [5.74, 6) is 0.791. The van der Waals surface area contributed by atoms with Crippen LogP contribution in [0.15, 0.2) is 42.5 Å². The lowest BCUT2D eigenvalue weighted by Gasteiger charge is -2.14. The summed E-state index contributed by atoms with van der Waals surface area (Å²) in [6.45, 7) is 4.95. The van der Waals surface area contributed by atoms with Crippen LogP contribution in [-0.4, -0.2) is 19.6 Å². The lowest BCUT2D eigenvalue weighted by molar-refractivity contribution is -0.119. The van der Waals surface area contributed by atoms with Gasteiger partial charge in [0.05, 0.1) is 13.7 Å². The monoisotopic (exact) mass is 312 g/mol. The van der Waals surface area contributed by atoms with Gasteiger partial charge >= 0.3 is 0 Å². The number of anilines is 1. The van der Waals surface area contributed by atoms with Crippen LogP contribution in [0.3, 0.4) is 0 Å². The Kier molecular flexibility index (Phi) is 6.03. The van der Waals surface area contributed by atoms with Crippen molar-refractivity contribution in [1.29, 1.82) is 0 Å². The summed E-state index contributed by atoms with van der Waals surface area (Å²) in [7, 11) is 1.64. The Hall–Kier alpha value is -2.49. The molecule has 23 heavy (non-hydrogen) atoms. The third kappa shape index (κ3) is 4.74. The summed E-state index contributed by atoms with van der Waals surface area (Å²) < 4.78 is 5.12. The van der Waals surface area contributed by atoms with Crippen molar-refractivity contribution in [3.05, 3.63) is 59.2 Å². The molecule has 122 valence electrons. The van der Waals surface area contributed by atoms with E-state index in [0.717, 1.165) is 29.0 Å². The molecule has 1 amide bonds. The molecule has 2 rings (SSSR count). The second kappa shape index (κ2) is 8.22. The summed E-state index contributed by atoms with van der Waals surface area (Å²) in [5.41, 5.74) is 4.50. The van der Waals surface area contributed by atoms with Gasteiger partial charge in [0.1, 0.15) is 5.75 Å². The van der Waals surface area contributed by atoms with E-state index in [1.54, 1.807) is 7.11 Å². The van der Waals surface area contributed by atoms with Gasteiger partial charge in [0.25, 0.3) is 0 Å². The zero-order valence-electron chi connectivity index (χ0n) is 14.0. The van der Waals surface area contributed by atoms with E-state index in [4.69, 9.17) is 4.74 Å². The molecule has 0 saturated carbocycles. The van der Waals surface area contributed by atoms with E-state index >= 15 is 0 Å². The van der Waals surface area contributed by atoms with E-state index in [1.165, 1.54) is 5.56 Å². The van der Waals surface area contributed by atoms with Crippen molar-refractivity contribution in [1.82, 2.24) is 5.32 Å². The normalized spacial score (nSPS) is 10.2. The number of carbonyl (C=O) groups is 1. The molecule has 0 radical (unpaired) electrons. The van der Waals surface area contributed by atoms with Crippen molar-refractivity contribution in [3.8, 4) is 5.75 Å². The van der Waals surface area contributed by atoms with Crippen molar-refractivity contribution in [2.24, 2.45) is 0 Å². The van der Waals surface area contributed by atoms with E-state index in [0.29, 0.717) is 6.54 Å². The van der Waals surface area contributed by atoms with Crippen molar-refractivity contribution in [2.45, 2.75) is 26.8 Å². The topological polar surface area (TPSA) is 50.4 Å². The number of hydrogen-bond acceptors (Lipinski definition) is 3. The molecule has 0 fully saturated rings. The van der Waals surface area contributed by atoms with Crippen LogP contribution < -0.4 is 15.4 Å². The van der Waals surface area contributed by atoms with Crippen LogP contribution in [0.25, 0.3) is 0 Å². The predicted octanol–water partition coefficient (Wildman–Crippen LogP) is 3.29. The van der Waals surface area contributed by atoms with Gasteiger partial charge in [0, 0.05) is 12.2 Å². The van der Waals surface area contributed by atoms with Gasteiger partial charge in [-0.3, -0.25) is 4.79 Å². The predicted molar refractivity (Wildman–Crippen MR) is 93.9 cm³/mol.